The molecule has 0 saturated carbocycles. The Bertz CT molecular complexity index is 522. The van der Waals surface area contributed by atoms with Gasteiger partial charge in [-0.2, -0.15) is 0 Å². The quantitative estimate of drug-likeness (QED) is 0.800. The van der Waals surface area contributed by atoms with Crippen LogP contribution in [0.25, 0.3) is 0 Å². The first-order chi connectivity index (χ1) is 10.9. The third-order valence-electron chi connectivity index (χ3n) is 5.21. The summed E-state index contributed by atoms with van der Waals surface area (Å²) in [5, 5.41) is 0. The molecule has 0 amide bonds. The molecule has 4 nitrogen and oxygen atoms in total. The van der Waals surface area contributed by atoms with Gasteiger partial charge < -0.3 is 18.8 Å². The average molecular weight is 318 g/mol. The SMILES string of the molecule is CC1(C)OB(c2cccc(OCC3CCOCC3)c2)OC1(C)C. The Labute approximate surface area is 139 Å². The van der Waals surface area contributed by atoms with Gasteiger partial charge in [0, 0.05) is 13.2 Å². The van der Waals surface area contributed by atoms with Gasteiger partial charge in [-0.25, -0.2) is 0 Å². The highest BCUT2D eigenvalue weighted by atomic mass is 16.7. The van der Waals surface area contributed by atoms with E-state index in [4.69, 9.17) is 18.8 Å². The Balaban J connectivity index is 1.63. The van der Waals surface area contributed by atoms with Gasteiger partial charge in [0.05, 0.1) is 17.8 Å². The molecule has 1 aromatic rings. The third kappa shape index (κ3) is 3.73. The molecule has 2 aliphatic rings. The highest BCUT2D eigenvalue weighted by Crippen LogP contribution is 2.36. The molecule has 3 rings (SSSR count). The van der Waals surface area contributed by atoms with Gasteiger partial charge >= 0.3 is 7.12 Å². The van der Waals surface area contributed by atoms with Crippen LogP contribution in [0.3, 0.4) is 0 Å². The zero-order valence-corrected chi connectivity index (χ0v) is 14.6. The Hall–Kier alpha value is -1.04. The summed E-state index contributed by atoms with van der Waals surface area (Å²) in [5.74, 6) is 1.47. The van der Waals surface area contributed by atoms with Crippen molar-refractivity contribution in [2.45, 2.75) is 51.7 Å². The molecular formula is C18H27BO4. The fourth-order valence-electron chi connectivity index (χ4n) is 2.86. The highest BCUT2D eigenvalue weighted by molar-refractivity contribution is 6.62. The van der Waals surface area contributed by atoms with Gasteiger partial charge in [-0.05, 0) is 64.1 Å². The van der Waals surface area contributed by atoms with Crippen LogP contribution in [0, 0.1) is 5.92 Å². The van der Waals surface area contributed by atoms with Crippen molar-refractivity contribution in [3.63, 3.8) is 0 Å². The van der Waals surface area contributed by atoms with Crippen molar-refractivity contribution in [2.75, 3.05) is 19.8 Å². The van der Waals surface area contributed by atoms with Gasteiger partial charge in [0.15, 0.2) is 0 Å². The number of hydrogen-bond donors (Lipinski definition) is 0. The molecule has 1 aromatic carbocycles. The number of rotatable bonds is 4. The van der Waals surface area contributed by atoms with E-state index in [9.17, 15) is 0 Å². The van der Waals surface area contributed by atoms with Crippen molar-refractivity contribution in [1.29, 1.82) is 0 Å². The molecule has 0 atom stereocenters. The van der Waals surface area contributed by atoms with E-state index in [0.29, 0.717) is 5.92 Å². The van der Waals surface area contributed by atoms with Crippen LogP contribution in [0.5, 0.6) is 5.75 Å². The van der Waals surface area contributed by atoms with Crippen molar-refractivity contribution in [3.8, 4) is 5.75 Å². The summed E-state index contributed by atoms with van der Waals surface area (Å²) >= 11 is 0. The standard InChI is InChI=1S/C18H27BO4/c1-17(2)18(3,4)23-19(22-17)15-6-5-7-16(12-15)21-13-14-8-10-20-11-9-14/h5-7,12,14H,8-11,13H2,1-4H3. The molecule has 0 aromatic heterocycles. The maximum absolute atomic E-state index is 6.11. The summed E-state index contributed by atoms with van der Waals surface area (Å²) in [6.07, 6.45) is 2.16. The van der Waals surface area contributed by atoms with E-state index in [1.54, 1.807) is 0 Å². The summed E-state index contributed by atoms with van der Waals surface area (Å²) in [6.45, 7) is 10.7. The van der Waals surface area contributed by atoms with Crippen LogP contribution in [-0.4, -0.2) is 38.1 Å². The minimum absolute atomic E-state index is 0.323. The van der Waals surface area contributed by atoms with Gasteiger partial charge in [0.1, 0.15) is 5.75 Å². The van der Waals surface area contributed by atoms with Gasteiger partial charge in [-0.15, -0.1) is 0 Å². The van der Waals surface area contributed by atoms with E-state index in [1.807, 2.05) is 24.3 Å². The molecular weight excluding hydrogens is 291 g/mol. The van der Waals surface area contributed by atoms with Gasteiger partial charge in [-0.3, -0.25) is 0 Å². The van der Waals surface area contributed by atoms with Crippen molar-refractivity contribution in [2.24, 2.45) is 5.92 Å². The fourth-order valence-corrected chi connectivity index (χ4v) is 2.86. The molecule has 0 radical (unpaired) electrons. The van der Waals surface area contributed by atoms with Crippen LogP contribution >= 0.6 is 0 Å². The molecule has 2 saturated heterocycles. The largest absolute Gasteiger partial charge is 0.494 e. The Morgan fingerprint density at radius 2 is 1.74 bits per heavy atom. The first-order valence-corrected chi connectivity index (χ1v) is 8.53. The molecule has 0 unspecified atom stereocenters. The minimum Gasteiger partial charge on any atom is -0.493 e. The van der Waals surface area contributed by atoms with Crippen LogP contribution < -0.4 is 10.2 Å². The topological polar surface area (TPSA) is 36.9 Å². The number of benzene rings is 1. The molecule has 0 aliphatic carbocycles. The molecule has 0 spiro atoms. The molecule has 126 valence electrons. The first kappa shape index (κ1) is 16.8. The maximum Gasteiger partial charge on any atom is 0.494 e. The average Bonchev–Trinajstić information content (AvgIpc) is 2.75. The zero-order valence-electron chi connectivity index (χ0n) is 14.6. The smallest absolute Gasteiger partial charge is 0.493 e. The second kappa shape index (κ2) is 6.46. The van der Waals surface area contributed by atoms with Crippen molar-refractivity contribution >= 4 is 12.6 Å². The van der Waals surface area contributed by atoms with E-state index in [0.717, 1.165) is 43.9 Å². The van der Waals surface area contributed by atoms with E-state index < -0.39 is 0 Å². The molecule has 2 aliphatic heterocycles. The van der Waals surface area contributed by atoms with Crippen LogP contribution in [-0.2, 0) is 14.0 Å². The normalized spacial score (nSPS) is 23.9. The Kier molecular flexibility index (Phi) is 4.72. The lowest BCUT2D eigenvalue weighted by atomic mass is 9.79. The summed E-state index contributed by atoms with van der Waals surface area (Å²) in [7, 11) is -0.341. The highest BCUT2D eigenvalue weighted by Gasteiger charge is 2.51. The van der Waals surface area contributed by atoms with E-state index in [1.165, 1.54) is 0 Å². The van der Waals surface area contributed by atoms with E-state index in [-0.39, 0.29) is 18.3 Å². The Morgan fingerprint density at radius 1 is 1.09 bits per heavy atom. The molecule has 2 fully saturated rings. The summed E-state index contributed by atoms with van der Waals surface area (Å²) in [5.41, 5.74) is 0.362. The molecule has 2 heterocycles. The molecule has 0 bridgehead atoms. The molecule has 0 N–H and O–H groups in total. The summed E-state index contributed by atoms with van der Waals surface area (Å²) < 4.78 is 23.6. The van der Waals surface area contributed by atoms with Crippen molar-refractivity contribution in [3.05, 3.63) is 24.3 Å². The second-order valence-electron chi connectivity index (χ2n) is 7.53. The maximum atomic E-state index is 6.11. The Morgan fingerprint density at radius 3 is 2.39 bits per heavy atom. The second-order valence-corrected chi connectivity index (χ2v) is 7.53. The third-order valence-corrected chi connectivity index (χ3v) is 5.21. The predicted molar refractivity (Wildman–Crippen MR) is 91.2 cm³/mol. The van der Waals surface area contributed by atoms with Crippen LogP contribution in [0.15, 0.2) is 24.3 Å². The summed E-state index contributed by atoms with van der Waals surface area (Å²) in [4.78, 5) is 0. The lowest BCUT2D eigenvalue weighted by molar-refractivity contribution is 0.00578. The predicted octanol–water partition coefficient (Wildman–Crippen LogP) is 2.79. The first-order valence-electron chi connectivity index (χ1n) is 8.53. The van der Waals surface area contributed by atoms with E-state index >= 15 is 0 Å². The van der Waals surface area contributed by atoms with Crippen molar-refractivity contribution < 1.29 is 18.8 Å². The van der Waals surface area contributed by atoms with Gasteiger partial charge in [0.2, 0.25) is 0 Å². The van der Waals surface area contributed by atoms with Crippen LogP contribution in [0.2, 0.25) is 0 Å². The molecule has 5 heteroatoms. The fraction of sp³-hybridized carbons (Fsp3) is 0.667. The van der Waals surface area contributed by atoms with Gasteiger partial charge in [-0.1, -0.05) is 12.1 Å². The van der Waals surface area contributed by atoms with Crippen molar-refractivity contribution in [1.82, 2.24) is 0 Å². The van der Waals surface area contributed by atoms with Crippen LogP contribution in [0.1, 0.15) is 40.5 Å². The minimum atomic E-state index is -0.341. The number of ether oxygens (including phenoxy) is 2. The lowest BCUT2D eigenvalue weighted by Gasteiger charge is -2.32. The molecule has 23 heavy (non-hydrogen) atoms. The van der Waals surface area contributed by atoms with E-state index in [2.05, 4.69) is 27.7 Å². The lowest BCUT2D eigenvalue weighted by Crippen LogP contribution is -2.41. The van der Waals surface area contributed by atoms with Gasteiger partial charge in [0.25, 0.3) is 0 Å². The summed E-state index contributed by atoms with van der Waals surface area (Å²) in [6, 6.07) is 8.05. The number of hydrogen-bond acceptors (Lipinski definition) is 4. The monoisotopic (exact) mass is 318 g/mol. The van der Waals surface area contributed by atoms with Crippen LogP contribution in [0.4, 0.5) is 0 Å². The zero-order chi connectivity index (χ0) is 16.5.